The summed E-state index contributed by atoms with van der Waals surface area (Å²) < 4.78 is 11.2. The Morgan fingerprint density at radius 1 is 1.10 bits per heavy atom. The number of aromatic amines is 1. The molecular formula is C26H25N5O5S3. The summed E-state index contributed by atoms with van der Waals surface area (Å²) in [5.74, 6) is 0.751. The molecule has 0 radical (unpaired) electrons. The van der Waals surface area contributed by atoms with Crippen LogP contribution in [-0.4, -0.2) is 56.0 Å². The second kappa shape index (κ2) is 12.5. The number of nitrogens with zero attached hydrogens (tertiary/aromatic N) is 2. The lowest BCUT2D eigenvalue weighted by atomic mass is 10.1. The molecule has 3 N–H and O–H groups in total. The van der Waals surface area contributed by atoms with E-state index in [1.165, 1.54) is 23.5 Å². The number of carbonyl (C=O) groups is 3. The molecule has 13 heteroatoms. The number of amides is 3. The number of para-hydroxylation sites is 2. The van der Waals surface area contributed by atoms with Gasteiger partial charge in [0.1, 0.15) is 4.32 Å². The molecule has 0 bridgehead atoms. The topological polar surface area (TPSA) is 126 Å². The Balaban J connectivity index is 0.971. The number of aromatic nitrogens is 2. The lowest BCUT2D eigenvalue weighted by molar-refractivity contribution is -0.127. The summed E-state index contributed by atoms with van der Waals surface area (Å²) in [4.78, 5) is 46.7. The van der Waals surface area contributed by atoms with Crippen LogP contribution in [0.3, 0.4) is 0 Å². The fourth-order valence-corrected chi connectivity index (χ4v) is 5.94. The molecule has 0 unspecified atom stereocenters. The van der Waals surface area contributed by atoms with Gasteiger partial charge in [-0.15, -0.1) is 0 Å². The Morgan fingerprint density at radius 2 is 1.92 bits per heavy atom. The average molecular weight is 584 g/mol. The number of carbonyl (C=O) groups excluding carboxylic acids is 3. The highest BCUT2D eigenvalue weighted by molar-refractivity contribution is 8.26. The van der Waals surface area contributed by atoms with E-state index >= 15 is 0 Å². The van der Waals surface area contributed by atoms with Gasteiger partial charge in [0.2, 0.25) is 18.6 Å². The normalized spacial score (nSPS) is 15.4. The van der Waals surface area contributed by atoms with Crippen molar-refractivity contribution in [3.05, 3.63) is 52.9 Å². The maximum atomic E-state index is 12.8. The van der Waals surface area contributed by atoms with E-state index in [2.05, 4.69) is 20.8 Å². The summed E-state index contributed by atoms with van der Waals surface area (Å²) in [5, 5.41) is 0.641. The number of unbranched alkanes of at least 4 members (excludes halogenated alkanes) is 2. The van der Waals surface area contributed by atoms with E-state index in [1.54, 1.807) is 11.0 Å². The van der Waals surface area contributed by atoms with Gasteiger partial charge >= 0.3 is 0 Å². The zero-order valence-electron chi connectivity index (χ0n) is 20.7. The Labute approximate surface area is 238 Å². The summed E-state index contributed by atoms with van der Waals surface area (Å²) >= 11 is 7.94. The van der Waals surface area contributed by atoms with Gasteiger partial charge in [-0.1, -0.05) is 60.4 Å². The van der Waals surface area contributed by atoms with Crippen LogP contribution < -0.4 is 20.3 Å². The number of hydrogen-bond acceptors (Lipinski definition) is 9. The van der Waals surface area contributed by atoms with Gasteiger partial charge in [0, 0.05) is 13.0 Å². The number of H-pyrrole nitrogens is 1. The molecule has 3 aromatic rings. The molecule has 0 atom stereocenters. The summed E-state index contributed by atoms with van der Waals surface area (Å²) in [6.45, 7) is 0.682. The van der Waals surface area contributed by atoms with Crippen molar-refractivity contribution in [2.75, 3.05) is 19.1 Å². The number of hydrogen-bond donors (Lipinski definition) is 3. The van der Waals surface area contributed by atoms with Gasteiger partial charge in [0.25, 0.3) is 5.91 Å². The molecule has 3 heterocycles. The van der Waals surface area contributed by atoms with Crippen molar-refractivity contribution in [2.45, 2.75) is 30.8 Å². The van der Waals surface area contributed by atoms with Crippen LogP contribution in [0.1, 0.15) is 31.2 Å². The summed E-state index contributed by atoms with van der Waals surface area (Å²) in [5.41, 5.74) is 7.45. The molecule has 2 aromatic carbocycles. The van der Waals surface area contributed by atoms with Crippen molar-refractivity contribution in [3.63, 3.8) is 0 Å². The Hall–Kier alpha value is -3.55. The van der Waals surface area contributed by atoms with E-state index in [-0.39, 0.29) is 36.7 Å². The largest absolute Gasteiger partial charge is 0.454 e. The molecule has 10 nitrogen and oxygen atoms in total. The Morgan fingerprint density at radius 3 is 2.79 bits per heavy atom. The van der Waals surface area contributed by atoms with Crippen molar-refractivity contribution in [2.24, 2.45) is 0 Å². The van der Waals surface area contributed by atoms with E-state index < -0.39 is 0 Å². The maximum Gasteiger partial charge on any atom is 0.266 e. The number of rotatable bonds is 10. The molecular weight excluding hydrogens is 559 g/mol. The first-order valence-corrected chi connectivity index (χ1v) is 14.5. The molecule has 39 heavy (non-hydrogen) atoms. The van der Waals surface area contributed by atoms with E-state index in [4.69, 9.17) is 21.7 Å². The second-order valence-corrected chi connectivity index (χ2v) is 11.3. The number of fused-ring (bicyclic) bond motifs is 2. The highest BCUT2D eigenvalue weighted by Crippen LogP contribution is 2.36. The highest BCUT2D eigenvalue weighted by atomic mass is 32.2. The van der Waals surface area contributed by atoms with Crippen LogP contribution in [0.15, 0.2) is 52.5 Å². The van der Waals surface area contributed by atoms with Gasteiger partial charge in [-0.3, -0.25) is 30.1 Å². The summed E-state index contributed by atoms with van der Waals surface area (Å²) in [6.07, 6.45) is 4.13. The zero-order chi connectivity index (χ0) is 27.2. The van der Waals surface area contributed by atoms with Gasteiger partial charge in [-0.2, -0.15) is 0 Å². The van der Waals surface area contributed by atoms with Crippen molar-refractivity contribution in [1.82, 2.24) is 25.7 Å². The first-order chi connectivity index (χ1) is 19.0. The molecule has 1 aromatic heterocycles. The Kier molecular flexibility index (Phi) is 8.69. The van der Waals surface area contributed by atoms with Gasteiger partial charge < -0.3 is 14.5 Å². The zero-order valence-corrected chi connectivity index (χ0v) is 23.2. The van der Waals surface area contributed by atoms with Crippen LogP contribution in [-0.2, 0) is 14.4 Å². The van der Waals surface area contributed by atoms with Crippen LogP contribution in [0.2, 0.25) is 0 Å². The molecule has 0 saturated carbocycles. The molecule has 2 aliphatic rings. The fourth-order valence-electron chi connectivity index (χ4n) is 3.95. The third-order valence-corrected chi connectivity index (χ3v) is 8.15. The highest BCUT2D eigenvalue weighted by Gasteiger charge is 2.31. The number of thiocarbonyl (C=S) groups is 1. The average Bonchev–Trinajstić information content (AvgIpc) is 3.64. The van der Waals surface area contributed by atoms with Gasteiger partial charge in [0.05, 0.1) is 21.7 Å². The molecule has 1 fully saturated rings. The minimum absolute atomic E-state index is 0.118. The van der Waals surface area contributed by atoms with Crippen molar-refractivity contribution >= 4 is 74.9 Å². The number of ether oxygens (including phenoxy) is 2. The minimum Gasteiger partial charge on any atom is -0.454 e. The summed E-state index contributed by atoms with van der Waals surface area (Å²) in [7, 11) is 0. The van der Waals surface area contributed by atoms with Crippen LogP contribution in [0.25, 0.3) is 17.1 Å². The molecule has 2 aliphatic heterocycles. The number of thioether (sulfide) groups is 2. The minimum atomic E-state index is -0.322. The lowest BCUT2D eigenvalue weighted by Crippen LogP contribution is -2.42. The molecule has 1 saturated heterocycles. The fraction of sp³-hybridized carbons (Fsp3) is 0.269. The van der Waals surface area contributed by atoms with Gasteiger partial charge in [-0.25, -0.2) is 4.98 Å². The maximum absolute atomic E-state index is 12.8. The molecule has 5 rings (SSSR count). The Bertz CT molecular complexity index is 1420. The van der Waals surface area contributed by atoms with Gasteiger partial charge in [0.15, 0.2) is 16.7 Å². The second-order valence-electron chi connectivity index (χ2n) is 8.70. The first-order valence-electron chi connectivity index (χ1n) is 12.3. The number of benzene rings is 2. The van der Waals surface area contributed by atoms with E-state index in [9.17, 15) is 14.4 Å². The van der Waals surface area contributed by atoms with Crippen LogP contribution in [0.4, 0.5) is 0 Å². The number of imidazole rings is 1. The smallest absolute Gasteiger partial charge is 0.266 e. The first kappa shape index (κ1) is 27.0. The molecule has 0 aliphatic carbocycles. The quantitative estimate of drug-likeness (QED) is 0.107. The van der Waals surface area contributed by atoms with E-state index in [0.29, 0.717) is 45.3 Å². The number of nitrogens with one attached hydrogen (secondary N) is 3. The molecule has 3 amide bonds. The predicted octanol–water partition coefficient (Wildman–Crippen LogP) is 3.99. The summed E-state index contributed by atoms with van der Waals surface area (Å²) in [6, 6.07) is 13.1. The third-order valence-electron chi connectivity index (χ3n) is 5.90. The predicted molar refractivity (Wildman–Crippen MR) is 154 cm³/mol. The molecule has 0 spiro atoms. The van der Waals surface area contributed by atoms with Crippen LogP contribution in [0, 0.1) is 0 Å². The van der Waals surface area contributed by atoms with E-state index in [0.717, 1.165) is 23.0 Å². The van der Waals surface area contributed by atoms with Crippen LogP contribution in [0.5, 0.6) is 11.5 Å². The third kappa shape index (κ3) is 6.91. The van der Waals surface area contributed by atoms with Gasteiger partial charge in [-0.05, 0) is 48.7 Å². The van der Waals surface area contributed by atoms with E-state index in [1.807, 2.05) is 42.5 Å². The van der Waals surface area contributed by atoms with Crippen LogP contribution >= 0.6 is 35.7 Å². The SMILES string of the molecule is O=C(CCCCCN1C(=O)/C(=C/c2ccc3c(c2)OCO3)SC1=S)NNC(=O)CSc1nc2ccccc2[nH]1. The van der Waals surface area contributed by atoms with Crippen molar-refractivity contribution in [1.29, 1.82) is 0 Å². The van der Waals surface area contributed by atoms with Crippen molar-refractivity contribution < 1.29 is 23.9 Å². The van der Waals surface area contributed by atoms with Crippen molar-refractivity contribution in [3.8, 4) is 11.5 Å². The monoisotopic (exact) mass is 583 g/mol. The number of hydrazine groups is 1. The lowest BCUT2D eigenvalue weighted by Gasteiger charge is -2.14. The molecule has 202 valence electrons. The standard InChI is InChI=1S/C26H25N5O5S3/c32-22(29-30-23(33)14-38-25-27-17-6-3-4-7-18(17)28-25)8-2-1-5-11-31-24(34)21(39-26(31)37)13-16-9-10-19-20(12-16)36-15-35-19/h3-4,6-7,9-10,12-13H,1-2,5,8,11,14-15H2,(H,27,28)(H,29,32)(H,30,33)/b21-13-.